The van der Waals surface area contributed by atoms with Crippen molar-refractivity contribution in [2.45, 2.75) is 12.8 Å². The number of Topliss-reactive ketones (excluding diaryl/α,β-unsaturated/α-hetero) is 1. The molecule has 0 aromatic heterocycles. The maximum atomic E-state index is 12.6. The number of carbonyl (C=O) groups is 1. The number of carbonyl (C=O) groups excluding carboxylic acids is 1. The van der Waals surface area contributed by atoms with Crippen molar-refractivity contribution < 1.29 is 22.4 Å². The summed E-state index contributed by atoms with van der Waals surface area (Å²) in [5, 5.41) is 0. The van der Waals surface area contributed by atoms with Gasteiger partial charge in [-0.15, -0.1) is 0 Å². The molecule has 0 saturated heterocycles. The summed E-state index contributed by atoms with van der Waals surface area (Å²) in [5.74, 6) is -7.61. The molecule has 0 spiro atoms. The summed E-state index contributed by atoms with van der Waals surface area (Å²) in [5.41, 5.74) is -0.545. The topological polar surface area (TPSA) is 17.1 Å². The second-order valence-corrected chi connectivity index (χ2v) is 2.85. The third-order valence-corrected chi connectivity index (χ3v) is 1.58. The maximum Gasteiger partial charge on any atom is 0.307 e. The summed E-state index contributed by atoms with van der Waals surface area (Å²) in [7, 11) is 0. The van der Waals surface area contributed by atoms with Crippen LogP contribution in [0.15, 0.2) is 18.2 Å². The van der Waals surface area contributed by atoms with Crippen molar-refractivity contribution >= 4 is 5.78 Å². The molecule has 0 unspecified atom stereocenters. The van der Waals surface area contributed by atoms with Crippen LogP contribution in [-0.2, 0) is 0 Å². The first kappa shape index (κ1) is 10.7. The molecule has 1 nitrogen and oxygen atoms in total. The number of halogens is 4. The van der Waals surface area contributed by atoms with E-state index in [9.17, 15) is 22.4 Å². The summed E-state index contributed by atoms with van der Waals surface area (Å²) >= 11 is 0. The molecule has 0 N–H and O–H groups in total. The summed E-state index contributed by atoms with van der Waals surface area (Å²) in [6.07, 6.45) is 0. The van der Waals surface area contributed by atoms with Gasteiger partial charge in [0.1, 0.15) is 0 Å². The Morgan fingerprint density at radius 1 is 1.21 bits per heavy atom. The molecule has 0 aliphatic rings. The van der Waals surface area contributed by atoms with Gasteiger partial charge in [0.05, 0.1) is 0 Å². The van der Waals surface area contributed by atoms with Crippen LogP contribution in [0.25, 0.3) is 0 Å². The zero-order valence-electron chi connectivity index (χ0n) is 7.15. The molecule has 14 heavy (non-hydrogen) atoms. The van der Waals surface area contributed by atoms with Gasteiger partial charge in [0.15, 0.2) is 11.6 Å². The lowest BCUT2D eigenvalue weighted by atomic mass is 10.1. The highest BCUT2D eigenvalue weighted by molar-refractivity contribution is 6.00. The molecule has 0 saturated carbocycles. The van der Waals surface area contributed by atoms with Crippen LogP contribution in [0.3, 0.4) is 0 Å². The van der Waals surface area contributed by atoms with Crippen LogP contribution in [0.4, 0.5) is 17.6 Å². The first-order valence-corrected chi connectivity index (χ1v) is 3.70. The molecule has 0 atom stereocenters. The second kappa shape index (κ2) is 3.40. The normalized spacial score (nSPS) is 11.5. The van der Waals surface area contributed by atoms with Crippen molar-refractivity contribution in [2.75, 3.05) is 0 Å². The Hall–Kier alpha value is -1.39. The van der Waals surface area contributed by atoms with Crippen LogP contribution >= 0.6 is 0 Å². The number of benzene rings is 1. The standard InChI is InChI=1S/C9H6F4O/c1-9(12,13)8(14)5-2-3-6(10)7(11)4-5/h2-4H,1H3. The van der Waals surface area contributed by atoms with E-state index in [-0.39, 0.29) is 0 Å². The molecule has 0 amide bonds. The molecule has 76 valence electrons. The fourth-order valence-electron chi connectivity index (χ4n) is 0.891. The lowest BCUT2D eigenvalue weighted by Crippen LogP contribution is -2.24. The molecule has 0 aliphatic heterocycles. The van der Waals surface area contributed by atoms with Gasteiger partial charge in [-0.25, -0.2) is 8.78 Å². The van der Waals surface area contributed by atoms with Gasteiger partial charge in [0.25, 0.3) is 0 Å². The van der Waals surface area contributed by atoms with Crippen molar-refractivity contribution in [3.05, 3.63) is 35.4 Å². The Bertz CT molecular complexity index is 368. The Morgan fingerprint density at radius 2 is 1.79 bits per heavy atom. The van der Waals surface area contributed by atoms with E-state index in [2.05, 4.69) is 0 Å². The Morgan fingerprint density at radius 3 is 2.21 bits per heavy atom. The Balaban J connectivity index is 3.10. The van der Waals surface area contributed by atoms with Gasteiger partial charge in [-0.3, -0.25) is 4.79 Å². The predicted octanol–water partition coefficient (Wildman–Crippen LogP) is 2.80. The Labute approximate surface area is 77.3 Å². The molecule has 1 rings (SSSR count). The molecule has 0 radical (unpaired) electrons. The second-order valence-electron chi connectivity index (χ2n) is 2.85. The van der Waals surface area contributed by atoms with E-state index in [1.54, 1.807) is 0 Å². The van der Waals surface area contributed by atoms with Crippen molar-refractivity contribution in [3.8, 4) is 0 Å². The molecule has 0 bridgehead atoms. The minimum Gasteiger partial charge on any atom is -0.287 e. The first-order chi connectivity index (χ1) is 6.32. The monoisotopic (exact) mass is 206 g/mol. The minimum absolute atomic E-state index is 0.399. The third-order valence-electron chi connectivity index (χ3n) is 1.58. The zero-order valence-corrected chi connectivity index (χ0v) is 7.15. The minimum atomic E-state index is -3.58. The van der Waals surface area contributed by atoms with Crippen molar-refractivity contribution in [3.63, 3.8) is 0 Å². The van der Waals surface area contributed by atoms with Crippen LogP contribution in [0.2, 0.25) is 0 Å². The number of alkyl halides is 2. The third kappa shape index (κ3) is 2.10. The molecular formula is C9H6F4O. The largest absolute Gasteiger partial charge is 0.307 e. The molecule has 0 fully saturated rings. The molecule has 5 heteroatoms. The molecule has 0 aliphatic carbocycles. The van der Waals surface area contributed by atoms with Gasteiger partial charge in [0.2, 0.25) is 5.78 Å². The van der Waals surface area contributed by atoms with Gasteiger partial charge in [-0.05, 0) is 18.2 Å². The number of hydrogen-bond acceptors (Lipinski definition) is 1. The molecule has 1 aromatic carbocycles. The Kier molecular flexibility index (Phi) is 2.59. The first-order valence-electron chi connectivity index (χ1n) is 3.70. The van der Waals surface area contributed by atoms with Gasteiger partial charge in [-0.1, -0.05) is 0 Å². The highest BCUT2D eigenvalue weighted by Gasteiger charge is 2.33. The zero-order chi connectivity index (χ0) is 10.9. The van der Waals surface area contributed by atoms with E-state index in [0.717, 1.165) is 6.07 Å². The lowest BCUT2D eigenvalue weighted by molar-refractivity contribution is 0.0221. The smallest absolute Gasteiger partial charge is 0.287 e. The molecular weight excluding hydrogens is 200 g/mol. The highest BCUT2D eigenvalue weighted by atomic mass is 19.3. The summed E-state index contributed by atoms with van der Waals surface area (Å²) < 4.78 is 49.9. The highest BCUT2D eigenvalue weighted by Crippen LogP contribution is 2.20. The number of ketones is 1. The van der Waals surface area contributed by atoms with E-state index in [1.165, 1.54) is 0 Å². The predicted molar refractivity (Wildman–Crippen MR) is 41.3 cm³/mol. The van der Waals surface area contributed by atoms with Crippen molar-refractivity contribution in [2.24, 2.45) is 0 Å². The summed E-state index contributed by atoms with van der Waals surface area (Å²) in [6.45, 7) is 0.399. The van der Waals surface area contributed by atoms with Crippen LogP contribution < -0.4 is 0 Å². The SMILES string of the molecule is CC(F)(F)C(=O)c1ccc(F)c(F)c1. The van der Waals surface area contributed by atoms with Gasteiger partial charge in [-0.2, -0.15) is 8.78 Å². The van der Waals surface area contributed by atoms with Crippen molar-refractivity contribution in [1.82, 2.24) is 0 Å². The summed E-state index contributed by atoms with van der Waals surface area (Å²) in [4.78, 5) is 10.9. The van der Waals surface area contributed by atoms with Crippen LogP contribution in [0, 0.1) is 11.6 Å². The average Bonchev–Trinajstić information content (AvgIpc) is 2.07. The summed E-state index contributed by atoms with van der Waals surface area (Å²) in [6, 6.07) is 1.90. The number of rotatable bonds is 2. The van der Waals surface area contributed by atoms with E-state index in [1.807, 2.05) is 0 Å². The van der Waals surface area contributed by atoms with Crippen LogP contribution in [0.5, 0.6) is 0 Å². The van der Waals surface area contributed by atoms with Crippen LogP contribution in [0.1, 0.15) is 17.3 Å². The molecule has 0 heterocycles. The quantitative estimate of drug-likeness (QED) is 0.537. The fourth-order valence-corrected chi connectivity index (χ4v) is 0.891. The maximum absolute atomic E-state index is 12.6. The molecule has 1 aromatic rings. The van der Waals surface area contributed by atoms with E-state index < -0.39 is 28.9 Å². The van der Waals surface area contributed by atoms with E-state index in [4.69, 9.17) is 0 Å². The van der Waals surface area contributed by atoms with Gasteiger partial charge in [0, 0.05) is 12.5 Å². The van der Waals surface area contributed by atoms with Crippen molar-refractivity contribution in [1.29, 1.82) is 0 Å². The van der Waals surface area contributed by atoms with E-state index >= 15 is 0 Å². The van der Waals surface area contributed by atoms with Gasteiger partial charge >= 0.3 is 5.92 Å². The number of hydrogen-bond donors (Lipinski definition) is 0. The fraction of sp³-hybridized carbons (Fsp3) is 0.222. The van der Waals surface area contributed by atoms with Gasteiger partial charge < -0.3 is 0 Å². The van der Waals surface area contributed by atoms with Crippen LogP contribution in [-0.4, -0.2) is 11.7 Å². The lowest BCUT2D eigenvalue weighted by Gasteiger charge is -2.08. The average molecular weight is 206 g/mol. The van der Waals surface area contributed by atoms with E-state index in [0.29, 0.717) is 19.1 Å².